The predicted octanol–water partition coefficient (Wildman–Crippen LogP) is 2.08. The molecule has 21 heavy (non-hydrogen) atoms. The summed E-state index contributed by atoms with van der Waals surface area (Å²) in [6.45, 7) is 1.30. The van der Waals surface area contributed by atoms with Crippen LogP contribution in [0.25, 0.3) is 0 Å². The second-order valence-electron chi connectivity index (χ2n) is 5.06. The van der Waals surface area contributed by atoms with Crippen LogP contribution >= 0.6 is 15.9 Å². The fraction of sp³-hybridized carbons (Fsp3) is 0.467. The zero-order valence-corrected chi connectivity index (χ0v) is 13.2. The maximum atomic E-state index is 12.2. The van der Waals surface area contributed by atoms with Gasteiger partial charge in [0.15, 0.2) is 0 Å². The molecular weight excluding hydrogens is 338 g/mol. The quantitative estimate of drug-likeness (QED) is 0.877. The van der Waals surface area contributed by atoms with E-state index in [9.17, 15) is 9.59 Å². The Morgan fingerprint density at radius 2 is 2.24 bits per heavy atom. The first-order valence-corrected chi connectivity index (χ1v) is 7.69. The Kier molecular flexibility index (Phi) is 5.76. The first-order chi connectivity index (χ1) is 10.0. The average molecular weight is 356 g/mol. The highest BCUT2D eigenvalue weighted by atomic mass is 79.9. The molecule has 0 bridgehead atoms. The summed E-state index contributed by atoms with van der Waals surface area (Å²) in [6, 6.07) is 7.88. The van der Waals surface area contributed by atoms with Crippen molar-refractivity contribution in [3.63, 3.8) is 0 Å². The average Bonchev–Trinajstić information content (AvgIpc) is 2.44. The van der Waals surface area contributed by atoms with Gasteiger partial charge in [0.05, 0.1) is 19.1 Å². The van der Waals surface area contributed by atoms with E-state index >= 15 is 0 Å². The van der Waals surface area contributed by atoms with Gasteiger partial charge in [-0.1, -0.05) is 28.1 Å². The number of hydrogen-bond donors (Lipinski definition) is 1. The standard InChI is InChI=1S/C15H18BrNO4/c16-12-3-1-2-11(8-12)4-5-14(18)17-6-7-21-13(10-17)9-15(19)20/h1-3,8,13H,4-7,9-10H2,(H,19,20). The first-order valence-electron chi connectivity index (χ1n) is 6.90. The van der Waals surface area contributed by atoms with Gasteiger partial charge in [-0.15, -0.1) is 0 Å². The Labute approximate surface area is 132 Å². The van der Waals surface area contributed by atoms with E-state index in [-0.39, 0.29) is 12.3 Å². The second-order valence-corrected chi connectivity index (χ2v) is 5.98. The lowest BCUT2D eigenvalue weighted by Crippen LogP contribution is -2.46. The molecule has 0 saturated carbocycles. The van der Waals surface area contributed by atoms with E-state index in [1.807, 2.05) is 24.3 Å². The molecule has 1 N–H and O–H groups in total. The van der Waals surface area contributed by atoms with Gasteiger partial charge in [-0.2, -0.15) is 0 Å². The summed E-state index contributed by atoms with van der Waals surface area (Å²) in [5.41, 5.74) is 1.10. The van der Waals surface area contributed by atoms with Crippen LogP contribution in [-0.2, 0) is 20.7 Å². The van der Waals surface area contributed by atoms with Crippen molar-refractivity contribution in [3.8, 4) is 0 Å². The topological polar surface area (TPSA) is 66.8 Å². The number of hydrogen-bond acceptors (Lipinski definition) is 3. The predicted molar refractivity (Wildman–Crippen MR) is 81.0 cm³/mol. The number of rotatable bonds is 5. The molecule has 1 atom stereocenters. The number of amides is 1. The lowest BCUT2D eigenvalue weighted by Gasteiger charge is -2.32. The lowest BCUT2D eigenvalue weighted by atomic mass is 10.1. The van der Waals surface area contributed by atoms with Crippen molar-refractivity contribution < 1.29 is 19.4 Å². The number of carbonyl (C=O) groups excluding carboxylic acids is 1. The first kappa shape index (κ1) is 16.0. The number of carbonyl (C=O) groups is 2. The van der Waals surface area contributed by atoms with Gasteiger partial charge in [-0.3, -0.25) is 9.59 Å². The smallest absolute Gasteiger partial charge is 0.306 e. The van der Waals surface area contributed by atoms with Crippen LogP contribution in [0.1, 0.15) is 18.4 Å². The van der Waals surface area contributed by atoms with Crippen molar-refractivity contribution >= 4 is 27.8 Å². The number of benzene rings is 1. The molecule has 1 aromatic carbocycles. The van der Waals surface area contributed by atoms with Crippen molar-refractivity contribution in [1.29, 1.82) is 0 Å². The maximum absolute atomic E-state index is 12.2. The molecule has 0 aliphatic carbocycles. The molecule has 1 saturated heterocycles. The highest BCUT2D eigenvalue weighted by Crippen LogP contribution is 2.15. The van der Waals surface area contributed by atoms with E-state index in [4.69, 9.17) is 9.84 Å². The summed E-state index contributed by atoms with van der Waals surface area (Å²) in [5, 5.41) is 8.78. The molecule has 0 radical (unpaired) electrons. The number of ether oxygens (including phenoxy) is 1. The molecule has 0 aromatic heterocycles. The van der Waals surface area contributed by atoms with Crippen molar-refractivity contribution in [1.82, 2.24) is 4.90 Å². The minimum Gasteiger partial charge on any atom is -0.481 e. The van der Waals surface area contributed by atoms with Gasteiger partial charge in [0.1, 0.15) is 0 Å². The van der Waals surface area contributed by atoms with Crippen LogP contribution in [0, 0.1) is 0 Å². The Bertz CT molecular complexity index is 520. The van der Waals surface area contributed by atoms with E-state index in [1.165, 1.54) is 0 Å². The van der Waals surface area contributed by atoms with Gasteiger partial charge in [-0.05, 0) is 24.1 Å². The summed E-state index contributed by atoms with van der Waals surface area (Å²) in [5.74, 6) is -0.850. The SMILES string of the molecule is O=C(O)CC1CN(C(=O)CCc2cccc(Br)c2)CCO1. The molecule has 0 spiro atoms. The van der Waals surface area contributed by atoms with Gasteiger partial charge in [0, 0.05) is 24.0 Å². The van der Waals surface area contributed by atoms with Crippen LogP contribution < -0.4 is 0 Å². The van der Waals surface area contributed by atoms with E-state index < -0.39 is 12.1 Å². The molecule has 5 nitrogen and oxygen atoms in total. The number of morpholine rings is 1. The summed E-state index contributed by atoms with van der Waals surface area (Å²) >= 11 is 3.41. The van der Waals surface area contributed by atoms with Crippen molar-refractivity contribution in [2.45, 2.75) is 25.4 Å². The van der Waals surface area contributed by atoms with Gasteiger partial charge < -0.3 is 14.7 Å². The Balaban J connectivity index is 1.83. The third-order valence-electron chi connectivity index (χ3n) is 3.41. The second kappa shape index (κ2) is 7.56. The zero-order chi connectivity index (χ0) is 15.2. The Morgan fingerprint density at radius 3 is 2.95 bits per heavy atom. The van der Waals surface area contributed by atoms with Crippen molar-refractivity contribution in [2.75, 3.05) is 19.7 Å². The number of carboxylic acids is 1. The summed E-state index contributed by atoms with van der Waals surface area (Å²) in [6.07, 6.45) is 0.649. The third kappa shape index (κ3) is 5.13. The van der Waals surface area contributed by atoms with Crippen LogP contribution in [0.15, 0.2) is 28.7 Å². The molecule has 1 heterocycles. The number of nitrogens with zero attached hydrogens (tertiary/aromatic N) is 1. The summed E-state index contributed by atoms with van der Waals surface area (Å²) in [7, 11) is 0. The monoisotopic (exact) mass is 355 g/mol. The number of aryl methyl sites for hydroxylation is 1. The largest absolute Gasteiger partial charge is 0.481 e. The summed E-state index contributed by atoms with van der Waals surface area (Å²) in [4.78, 5) is 24.6. The van der Waals surface area contributed by atoms with E-state index in [1.54, 1.807) is 4.90 Å². The van der Waals surface area contributed by atoms with E-state index in [2.05, 4.69) is 15.9 Å². The van der Waals surface area contributed by atoms with Crippen LogP contribution in [-0.4, -0.2) is 47.7 Å². The van der Waals surface area contributed by atoms with Crippen molar-refractivity contribution in [3.05, 3.63) is 34.3 Å². The molecule has 114 valence electrons. The maximum Gasteiger partial charge on any atom is 0.306 e. The minimum atomic E-state index is -0.900. The third-order valence-corrected chi connectivity index (χ3v) is 3.90. The number of aliphatic carboxylic acids is 1. The molecular formula is C15H18BrNO4. The van der Waals surface area contributed by atoms with Gasteiger partial charge in [-0.25, -0.2) is 0 Å². The molecule has 1 unspecified atom stereocenters. The lowest BCUT2D eigenvalue weighted by molar-refractivity contribution is -0.147. The zero-order valence-electron chi connectivity index (χ0n) is 11.6. The molecule has 1 aliphatic heterocycles. The molecule has 1 amide bonds. The van der Waals surface area contributed by atoms with Crippen LogP contribution in [0.4, 0.5) is 0 Å². The van der Waals surface area contributed by atoms with Gasteiger partial charge >= 0.3 is 5.97 Å². The Hall–Kier alpha value is -1.40. The highest BCUT2D eigenvalue weighted by molar-refractivity contribution is 9.10. The molecule has 6 heteroatoms. The molecule has 2 rings (SSSR count). The van der Waals surface area contributed by atoms with Crippen LogP contribution in [0.5, 0.6) is 0 Å². The Morgan fingerprint density at radius 1 is 1.43 bits per heavy atom. The molecule has 1 fully saturated rings. The normalized spacial score (nSPS) is 18.5. The highest BCUT2D eigenvalue weighted by Gasteiger charge is 2.25. The van der Waals surface area contributed by atoms with Gasteiger partial charge in [0.25, 0.3) is 0 Å². The van der Waals surface area contributed by atoms with E-state index in [0.717, 1.165) is 10.0 Å². The van der Waals surface area contributed by atoms with Crippen LogP contribution in [0.3, 0.4) is 0 Å². The summed E-state index contributed by atoms with van der Waals surface area (Å²) < 4.78 is 6.37. The molecule has 1 aromatic rings. The van der Waals surface area contributed by atoms with Crippen molar-refractivity contribution in [2.24, 2.45) is 0 Å². The van der Waals surface area contributed by atoms with Gasteiger partial charge in [0.2, 0.25) is 5.91 Å². The van der Waals surface area contributed by atoms with Crippen LogP contribution in [0.2, 0.25) is 0 Å². The number of carboxylic acid groups (broad SMARTS) is 1. The molecule has 1 aliphatic rings. The van der Waals surface area contributed by atoms with E-state index in [0.29, 0.717) is 32.5 Å². The fourth-order valence-electron chi connectivity index (χ4n) is 2.37. The number of halogens is 1. The minimum absolute atomic E-state index is 0.0497. The fourth-order valence-corrected chi connectivity index (χ4v) is 2.81.